The normalized spacial score (nSPS) is 27.2. The van der Waals surface area contributed by atoms with Gasteiger partial charge >= 0.3 is 0 Å². The molecule has 1 aromatic heterocycles. The van der Waals surface area contributed by atoms with Gasteiger partial charge in [-0.2, -0.15) is 9.13 Å². The van der Waals surface area contributed by atoms with E-state index < -0.39 is 0 Å². The Morgan fingerprint density at radius 1 is 0.650 bits per heavy atom. The van der Waals surface area contributed by atoms with E-state index in [2.05, 4.69) is 76.9 Å². The number of aromatic nitrogens is 2. The average molecular weight is 274 g/mol. The van der Waals surface area contributed by atoms with Crippen LogP contribution in [0, 0.1) is 0 Å². The van der Waals surface area contributed by atoms with Crippen molar-refractivity contribution in [3.05, 3.63) is 23.8 Å². The summed E-state index contributed by atoms with van der Waals surface area (Å²) in [7, 11) is 0. The predicted molar refractivity (Wildman–Crippen MR) is 80.8 cm³/mol. The second-order valence-electron chi connectivity index (χ2n) is 9.48. The Balaban J connectivity index is 2.39. The minimum Gasteiger partial charge on any atom is -0.187 e. The first-order chi connectivity index (χ1) is 8.89. The summed E-state index contributed by atoms with van der Waals surface area (Å²) in [6.45, 7) is 19.1. The van der Waals surface area contributed by atoms with E-state index in [1.54, 1.807) is 11.4 Å². The Bertz CT molecular complexity index is 539. The molecule has 0 N–H and O–H groups in total. The molecule has 110 valence electrons. The van der Waals surface area contributed by atoms with Crippen molar-refractivity contribution >= 4 is 0 Å². The van der Waals surface area contributed by atoms with Gasteiger partial charge in [0.15, 0.2) is 11.1 Å². The van der Waals surface area contributed by atoms with Crippen molar-refractivity contribution in [3.63, 3.8) is 0 Å². The quantitative estimate of drug-likeness (QED) is 0.642. The van der Waals surface area contributed by atoms with Crippen molar-refractivity contribution in [2.75, 3.05) is 0 Å². The third-order valence-electron chi connectivity index (χ3n) is 5.41. The van der Waals surface area contributed by atoms with E-state index in [1.165, 1.54) is 12.8 Å². The van der Waals surface area contributed by atoms with Gasteiger partial charge in [-0.25, -0.2) is 0 Å². The first-order valence-corrected chi connectivity index (χ1v) is 7.91. The second kappa shape index (κ2) is 3.45. The smallest absolute Gasteiger partial charge is 0.187 e. The van der Waals surface area contributed by atoms with E-state index in [1.807, 2.05) is 0 Å². The molecule has 1 aromatic rings. The fraction of sp³-hybridized carbons (Fsp3) is 0.778. The molecular weight excluding hydrogens is 244 g/mol. The predicted octanol–water partition coefficient (Wildman–Crippen LogP) is 3.09. The van der Waals surface area contributed by atoms with Gasteiger partial charge < -0.3 is 0 Å². The minimum absolute atomic E-state index is 0.219. The lowest BCUT2D eigenvalue weighted by Gasteiger charge is -2.17. The summed E-state index contributed by atoms with van der Waals surface area (Å²) in [5.41, 5.74) is 4.05. The van der Waals surface area contributed by atoms with Gasteiger partial charge in [0.05, 0.1) is 10.8 Å². The molecule has 0 bridgehead atoms. The van der Waals surface area contributed by atoms with Crippen LogP contribution in [0.2, 0.25) is 0 Å². The summed E-state index contributed by atoms with van der Waals surface area (Å²) in [5.74, 6) is 0. The lowest BCUT2D eigenvalue weighted by atomic mass is 9.76. The summed E-state index contributed by atoms with van der Waals surface area (Å²) in [4.78, 5) is 0. The summed E-state index contributed by atoms with van der Waals surface area (Å²) >= 11 is 0. The number of rotatable bonds is 0. The molecule has 0 radical (unpaired) electrons. The molecule has 0 atom stereocenters. The monoisotopic (exact) mass is 274 g/mol. The molecule has 0 spiro atoms. The van der Waals surface area contributed by atoms with E-state index in [0.29, 0.717) is 0 Å². The van der Waals surface area contributed by atoms with Gasteiger partial charge in [-0.05, 0) is 27.7 Å². The van der Waals surface area contributed by atoms with Crippen molar-refractivity contribution in [2.45, 2.75) is 90.1 Å². The summed E-state index contributed by atoms with van der Waals surface area (Å²) in [6, 6.07) is 0. The molecular formula is C18H30N2+2. The van der Waals surface area contributed by atoms with Crippen LogP contribution in [-0.2, 0) is 21.9 Å². The molecule has 0 amide bonds. The number of nitrogens with zero attached hydrogens (tertiary/aromatic N) is 2. The van der Waals surface area contributed by atoms with Crippen LogP contribution in [-0.4, -0.2) is 0 Å². The summed E-state index contributed by atoms with van der Waals surface area (Å²) in [5, 5.41) is 0. The van der Waals surface area contributed by atoms with Crippen LogP contribution in [0.5, 0.6) is 0 Å². The molecule has 2 aliphatic rings. The SMILES string of the molecule is CC1(C)CC(C)(C)[n+]2cc[n+]3c(c21)C(C)(C)CC3(C)C. The highest BCUT2D eigenvalue weighted by atomic mass is 15.2. The topological polar surface area (TPSA) is 7.76 Å². The van der Waals surface area contributed by atoms with E-state index in [4.69, 9.17) is 0 Å². The van der Waals surface area contributed by atoms with E-state index in [-0.39, 0.29) is 21.9 Å². The van der Waals surface area contributed by atoms with Gasteiger partial charge in [-0.15, -0.1) is 0 Å². The molecule has 0 saturated carbocycles. The van der Waals surface area contributed by atoms with Crippen LogP contribution in [0.25, 0.3) is 0 Å². The molecule has 0 fully saturated rings. The van der Waals surface area contributed by atoms with E-state index in [0.717, 1.165) is 0 Å². The number of hydrogen-bond donors (Lipinski definition) is 0. The molecule has 3 rings (SSSR count). The first kappa shape index (κ1) is 14.0. The minimum atomic E-state index is 0.219. The van der Waals surface area contributed by atoms with Crippen LogP contribution >= 0.6 is 0 Å². The van der Waals surface area contributed by atoms with Crippen molar-refractivity contribution in [3.8, 4) is 0 Å². The largest absolute Gasteiger partial charge is 0.255 e. The average Bonchev–Trinajstić information content (AvgIpc) is 2.53. The number of hydrogen-bond acceptors (Lipinski definition) is 0. The van der Waals surface area contributed by atoms with E-state index >= 15 is 0 Å². The van der Waals surface area contributed by atoms with Crippen LogP contribution in [0.3, 0.4) is 0 Å². The van der Waals surface area contributed by atoms with Crippen molar-refractivity contribution in [2.24, 2.45) is 0 Å². The molecule has 0 saturated heterocycles. The maximum atomic E-state index is 2.54. The van der Waals surface area contributed by atoms with Crippen LogP contribution < -0.4 is 9.13 Å². The van der Waals surface area contributed by atoms with Gasteiger partial charge in [0, 0.05) is 40.5 Å². The molecule has 2 aliphatic heterocycles. The highest BCUT2D eigenvalue weighted by Crippen LogP contribution is 2.46. The molecule has 0 aliphatic carbocycles. The van der Waals surface area contributed by atoms with Crippen molar-refractivity contribution in [1.82, 2.24) is 0 Å². The zero-order valence-corrected chi connectivity index (χ0v) is 14.5. The third kappa shape index (κ3) is 1.63. The highest BCUT2D eigenvalue weighted by Gasteiger charge is 2.61. The third-order valence-corrected chi connectivity index (χ3v) is 5.41. The fourth-order valence-corrected chi connectivity index (χ4v) is 5.31. The number of fused-ring (bicyclic) bond motifs is 3. The first-order valence-electron chi connectivity index (χ1n) is 7.91. The Hall–Kier alpha value is -0.920. The van der Waals surface area contributed by atoms with Gasteiger partial charge in [0.2, 0.25) is 12.4 Å². The Morgan fingerprint density at radius 2 is 0.950 bits per heavy atom. The van der Waals surface area contributed by atoms with Gasteiger partial charge in [0.25, 0.3) is 11.4 Å². The van der Waals surface area contributed by atoms with Crippen LogP contribution in [0.15, 0.2) is 12.4 Å². The summed E-state index contributed by atoms with van der Waals surface area (Å²) < 4.78 is 5.09. The standard InChI is InChI=1S/C18H30N2/c1-15(2)11-17(5,6)19-9-10-20-14(13(15)19)16(3,4)12-18(20,7)8/h9-10H,11-12H2,1-8H3/q+2. The van der Waals surface area contributed by atoms with Gasteiger partial charge in [0.1, 0.15) is 0 Å². The zero-order chi connectivity index (χ0) is 15.1. The molecule has 2 heteroatoms. The zero-order valence-electron chi connectivity index (χ0n) is 14.5. The molecule has 20 heavy (non-hydrogen) atoms. The van der Waals surface area contributed by atoms with Crippen LogP contribution in [0.4, 0.5) is 0 Å². The lowest BCUT2D eigenvalue weighted by molar-refractivity contribution is -0.801. The van der Waals surface area contributed by atoms with Crippen molar-refractivity contribution < 1.29 is 9.13 Å². The van der Waals surface area contributed by atoms with Gasteiger partial charge in [-0.3, -0.25) is 0 Å². The molecule has 0 unspecified atom stereocenters. The second-order valence-corrected chi connectivity index (χ2v) is 9.48. The van der Waals surface area contributed by atoms with Crippen molar-refractivity contribution in [1.29, 1.82) is 0 Å². The maximum Gasteiger partial charge on any atom is 0.255 e. The van der Waals surface area contributed by atoms with Gasteiger partial charge in [-0.1, -0.05) is 0 Å². The highest BCUT2D eigenvalue weighted by molar-refractivity contribution is 5.25. The Morgan fingerprint density at radius 3 is 1.25 bits per heavy atom. The lowest BCUT2D eigenvalue weighted by Crippen LogP contribution is -2.58. The van der Waals surface area contributed by atoms with Crippen LogP contribution in [0.1, 0.15) is 79.6 Å². The maximum absolute atomic E-state index is 2.54. The Labute approximate surface area is 123 Å². The fourth-order valence-electron chi connectivity index (χ4n) is 5.31. The summed E-state index contributed by atoms with van der Waals surface area (Å²) in [6.07, 6.45) is 7.06. The molecule has 2 nitrogen and oxygen atoms in total. The Kier molecular flexibility index (Phi) is 2.42. The van der Waals surface area contributed by atoms with E-state index in [9.17, 15) is 0 Å². The molecule has 0 aromatic carbocycles. The molecule has 3 heterocycles.